The monoisotopic (exact) mass is 448 g/mol. The van der Waals surface area contributed by atoms with Crippen LogP contribution in [0.1, 0.15) is 29.3 Å². The summed E-state index contributed by atoms with van der Waals surface area (Å²) in [6, 6.07) is 6.78. The number of rotatable bonds is 4. The third-order valence-corrected chi connectivity index (χ3v) is 5.69. The Morgan fingerprint density at radius 2 is 1.93 bits per heavy atom. The molecular weight excluding hydrogens is 430 g/mol. The molecule has 4 rings (SSSR count). The summed E-state index contributed by atoms with van der Waals surface area (Å²) in [5.74, 6) is -2.47. The predicted octanol–water partition coefficient (Wildman–Crippen LogP) is 5.17. The van der Waals surface area contributed by atoms with Gasteiger partial charge in [-0.2, -0.15) is 0 Å². The number of anilines is 2. The van der Waals surface area contributed by atoms with Crippen LogP contribution in [-0.4, -0.2) is 29.0 Å². The van der Waals surface area contributed by atoms with Crippen molar-refractivity contribution in [1.82, 2.24) is 9.97 Å². The number of carbonyl (C=O) groups is 1. The van der Waals surface area contributed by atoms with Crippen molar-refractivity contribution in [2.75, 3.05) is 23.3 Å². The van der Waals surface area contributed by atoms with Gasteiger partial charge in [-0.1, -0.05) is 11.6 Å². The molecule has 3 heterocycles. The Balaban J connectivity index is 0.00000256. The van der Waals surface area contributed by atoms with Crippen LogP contribution < -0.4 is 10.2 Å². The second-order valence-electron chi connectivity index (χ2n) is 6.73. The normalized spacial score (nSPS) is 13.8. The van der Waals surface area contributed by atoms with Crippen LogP contribution in [0.15, 0.2) is 53.7 Å². The van der Waals surface area contributed by atoms with Crippen molar-refractivity contribution in [3.8, 4) is 0 Å². The second kappa shape index (κ2) is 9.32. The molecule has 0 bridgehead atoms. The molecule has 1 amide bonds. The zero-order chi connectivity index (χ0) is 20.4. The fourth-order valence-electron chi connectivity index (χ4n) is 3.27. The van der Waals surface area contributed by atoms with Crippen LogP contribution in [0.4, 0.5) is 19.7 Å². The highest BCUT2D eigenvalue weighted by atomic mass is 35.5. The minimum absolute atomic E-state index is 0. The summed E-state index contributed by atoms with van der Waals surface area (Å²) < 4.78 is 27.5. The first-order valence-electron chi connectivity index (χ1n) is 9.08. The molecule has 3 aromatic rings. The summed E-state index contributed by atoms with van der Waals surface area (Å²) in [6.45, 7) is 3.75. The van der Waals surface area contributed by atoms with Gasteiger partial charge in [-0.3, -0.25) is 4.79 Å². The number of pyridine rings is 1. The average Bonchev–Trinajstić information content (AvgIpc) is 3.24. The number of aromatic nitrogens is 2. The standard InChI is InChI=1S/C21H18F2N4OS.ClH/c1-13-7-9-27(21-24-8-10-29-21)12-15(13)14-5-6-18(25-11-14)26-20(28)19-16(22)3-2-4-17(19)23;/h2-6,8,10-11H,7,9,12H2,1H3,(H,25,26,28);1H. The zero-order valence-electron chi connectivity index (χ0n) is 16.1. The molecule has 1 N–H and O–H groups in total. The molecular formula is C21H19ClF2N4OS. The van der Waals surface area contributed by atoms with E-state index in [1.165, 1.54) is 11.6 Å². The smallest absolute Gasteiger partial charge is 0.262 e. The van der Waals surface area contributed by atoms with Crippen molar-refractivity contribution in [3.05, 3.63) is 76.4 Å². The summed E-state index contributed by atoms with van der Waals surface area (Å²) in [5.41, 5.74) is 2.77. The van der Waals surface area contributed by atoms with E-state index in [0.717, 1.165) is 47.9 Å². The maximum absolute atomic E-state index is 13.8. The van der Waals surface area contributed by atoms with Crippen LogP contribution in [0.2, 0.25) is 0 Å². The Labute approximate surface area is 182 Å². The van der Waals surface area contributed by atoms with E-state index in [2.05, 4.69) is 27.1 Å². The number of hydrogen-bond acceptors (Lipinski definition) is 5. The fraction of sp³-hybridized carbons (Fsp3) is 0.190. The van der Waals surface area contributed by atoms with Crippen LogP contribution in [-0.2, 0) is 0 Å². The average molecular weight is 449 g/mol. The van der Waals surface area contributed by atoms with E-state index in [1.54, 1.807) is 29.8 Å². The third-order valence-electron chi connectivity index (χ3n) is 4.85. The van der Waals surface area contributed by atoms with Crippen LogP contribution >= 0.6 is 23.7 Å². The summed E-state index contributed by atoms with van der Waals surface area (Å²) in [5, 5.41) is 5.39. The Morgan fingerprint density at radius 3 is 2.57 bits per heavy atom. The lowest BCUT2D eigenvalue weighted by atomic mass is 9.96. The minimum Gasteiger partial charge on any atom is -0.343 e. The number of nitrogens with one attached hydrogen (secondary N) is 1. The second-order valence-corrected chi connectivity index (χ2v) is 7.60. The van der Waals surface area contributed by atoms with Gasteiger partial charge in [0.2, 0.25) is 0 Å². The van der Waals surface area contributed by atoms with Crippen molar-refractivity contribution >= 4 is 46.2 Å². The highest BCUT2D eigenvalue weighted by Crippen LogP contribution is 2.30. The van der Waals surface area contributed by atoms with E-state index < -0.39 is 23.1 Å². The molecule has 1 aromatic carbocycles. The van der Waals surface area contributed by atoms with Gasteiger partial charge in [0.05, 0.1) is 0 Å². The topological polar surface area (TPSA) is 58.1 Å². The fourth-order valence-corrected chi connectivity index (χ4v) is 3.94. The van der Waals surface area contributed by atoms with Crippen LogP contribution in [0.3, 0.4) is 0 Å². The molecule has 0 aliphatic carbocycles. The lowest BCUT2D eigenvalue weighted by Gasteiger charge is -2.29. The van der Waals surface area contributed by atoms with E-state index in [9.17, 15) is 13.6 Å². The number of thiazole rings is 1. The molecule has 1 aliphatic rings. The molecule has 5 nitrogen and oxygen atoms in total. The van der Waals surface area contributed by atoms with Crippen LogP contribution in [0.25, 0.3) is 5.57 Å². The van der Waals surface area contributed by atoms with Gasteiger partial charge in [0.25, 0.3) is 5.91 Å². The van der Waals surface area contributed by atoms with Crippen molar-refractivity contribution in [1.29, 1.82) is 0 Å². The third kappa shape index (κ3) is 4.49. The molecule has 0 saturated heterocycles. The van der Waals surface area contributed by atoms with Crippen molar-refractivity contribution in [2.24, 2.45) is 0 Å². The van der Waals surface area contributed by atoms with Gasteiger partial charge in [-0.15, -0.1) is 23.7 Å². The number of benzene rings is 1. The van der Waals surface area contributed by atoms with Gasteiger partial charge in [0, 0.05) is 30.9 Å². The summed E-state index contributed by atoms with van der Waals surface area (Å²) in [6.07, 6.45) is 4.39. The summed E-state index contributed by atoms with van der Waals surface area (Å²) in [7, 11) is 0. The van der Waals surface area contributed by atoms with E-state index in [4.69, 9.17) is 0 Å². The summed E-state index contributed by atoms with van der Waals surface area (Å²) in [4.78, 5) is 23.1. The first-order chi connectivity index (χ1) is 14.0. The van der Waals surface area contributed by atoms with Crippen LogP contribution in [0.5, 0.6) is 0 Å². The van der Waals surface area contributed by atoms with E-state index in [1.807, 2.05) is 11.4 Å². The SMILES string of the molecule is CC1=C(c2ccc(NC(=O)c3c(F)cccc3F)nc2)CN(c2nccs2)CC1.Cl. The Bertz CT molecular complexity index is 1050. The van der Waals surface area contributed by atoms with Gasteiger partial charge in [-0.25, -0.2) is 18.7 Å². The van der Waals surface area contributed by atoms with Crippen molar-refractivity contribution < 1.29 is 13.6 Å². The van der Waals surface area contributed by atoms with Gasteiger partial charge in [-0.05, 0) is 48.7 Å². The Kier molecular flexibility index (Phi) is 6.79. The number of hydrogen-bond donors (Lipinski definition) is 1. The molecule has 9 heteroatoms. The zero-order valence-corrected chi connectivity index (χ0v) is 17.7. The quantitative estimate of drug-likeness (QED) is 0.598. The van der Waals surface area contributed by atoms with E-state index >= 15 is 0 Å². The maximum Gasteiger partial charge on any atom is 0.262 e. The molecule has 0 fully saturated rings. The molecule has 0 unspecified atom stereocenters. The number of amides is 1. The summed E-state index contributed by atoms with van der Waals surface area (Å²) >= 11 is 1.61. The highest BCUT2D eigenvalue weighted by molar-refractivity contribution is 7.13. The molecule has 156 valence electrons. The van der Waals surface area contributed by atoms with Gasteiger partial charge in [0.1, 0.15) is 23.0 Å². The number of halogens is 3. The van der Waals surface area contributed by atoms with Gasteiger partial charge in [0.15, 0.2) is 5.13 Å². The molecule has 0 radical (unpaired) electrons. The Morgan fingerprint density at radius 1 is 1.17 bits per heavy atom. The highest BCUT2D eigenvalue weighted by Gasteiger charge is 2.21. The first kappa shape index (κ1) is 21.9. The minimum atomic E-state index is -0.913. The molecule has 2 aromatic heterocycles. The number of nitrogens with zero attached hydrogens (tertiary/aromatic N) is 3. The molecule has 0 atom stereocenters. The van der Waals surface area contributed by atoms with Gasteiger partial charge < -0.3 is 10.2 Å². The molecule has 0 saturated carbocycles. The molecule has 30 heavy (non-hydrogen) atoms. The predicted molar refractivity (Wildman–Crippen MR) is 117 cm³/mol. The maximum atomic E-state index is 13.8. The Hall–Kier alpha value is -2.84. The number of carbonyl (C=O) groups excluding carboxylic acids is 1. The van der Waals surface area contributed by atoms with E-state index in [0.29, 0.717) is 0 Å². The molecule has 1 aliphatic heterocycles. The molecule has 0 spiro atoms. The van der Waals surface area contributed by atoms with Gasteiger partial charge >= 0.3 is 0 Å². The van der Waals surface area contributed by atoms with Crippen LogP contribution in [0, 0.1) is 11.6 Å². The lowest BCUT2D eigenvalue weighted by Crippen LogP contribution is -2.30. The lowest BCUT2D eigenvalue weighted by molar-refractivity contribution is 0.101. The first-order valence-corrected chi connectivity index (χ1v) is 9.96. The largest absolute Gasteiger partial charge is 0.343 e. The van der Waals surface area contributed by atoms with Crippen molar-refractivity contribution in [3.63, 3.8) is 0 Å². The van der Waals surface area contributed by atoms with Crippen molar-refractivity contribution in [2.45, 2.75) is 13.3 Å². The van der Waals surface area contributed by atoms with E-state index in [-0.39, 0.29) is 18.2 Å².